The SMILES string of the molecule is N[C@H]1CCN(Cc2ccc3c(c2)CCC3)C1. The Kier molecular flexibility index (Phi) is 2.70. The molecule has 2 aliphatic rings. The summed E-state index contributed by atoms with van der Waals surface area (Å²) in [4.78, 5) is 2.47. The molecule has 0 aromatic heterocycles. The van der Waals surface area contributed by atoms with Crippen LogP contribution in [0.25, 0.3) is 0 Å². The molecule has 0 saturated carbocycles. The molecule has 1 atom stereocenters. The minimum Gasteiger partial charge on any atom is -0.326 e. The van der Waals surface area contributed by atoms with Crippen LogP contribution in [0.15, 0.2) is 18.2 Å². The largest absolute Gasteiger partial charge is 0.326 e. The van der Waals surface area contributed by atoms with E-state index in [9.17, 15) is 0 Å². The Morgan fingerprint density at radius 1 is 1.25 bits per heavy atom. The van der Waals surface area contributed by atoms with Crippen LogP contribution in [-0.2, 0) is 19.4 Å². The lowest BCUT2D eigenvalue weighted by Gasteiger charge is -2.15. The second-order valence-corrected chi connectivity index (χ2v) is 5.24. The normalized spacial score (nSPS) is 24.9. The number of nitrogens with zero attached hydrogens (tertiary/aromatic N) is 1. The lowest BCUT2D eigenvalue weighted by Crippen LogP contribution is -2.26. The summed E-state index contributed by atoms with van der Waals surface area (Å²) in [5.41, 5.74) is 10.6. The second kappa shape index (κ2) is 4.19. The molecule has 2 nitrogen and oxygen atoms in total. The van der Waals surface area contributed by atoms with Gasteiger partial charge in [0.1, 0.15) is 0 Å². The minimum absolute atomic E-state index is 0.398. The molecular formula is C14H20N2. The lowest BCUT2D eigenvalue weighted by atomic mass is 10.1. The van der Waals surface area contributed by atoms with E-state index in [1.807, 2.05) is 0 Å². The van der Waals surface area contributed by atoms with Gasteiger partial charge in [0.05, 0.1) is 0 Å². The fraction of sp³-hybridized carbons (Fsp3) is 0.571. The van der Waals surface area contributed by atoms with E-state index in [1.54, 1.807) is 11.1 Å². The van der Waals surface area contributed by atoms with Crippen molar-refractivity contribution in [2.45, 2.75) is 38.3 Å². The van der Waals surface area contributed by atoms with Crippen molar-refractivity contribution in [1.82, 2.24) is 4.90 Å². The maximum Gasteiger partial charge on any atom is 0.0234 e. The van der Waals surface area contributed by atoms with Gasteiger partial charge >= 0.3 is 0 Å². The van der Waals surface area contributed by atoms with E-state index in [4.69, 9.17) is 5.73 Å². The molecule has 0 amide bonds. The molecule has 2 N–H and O–H groups in total. The summed E-state index contributed by atoms with van der Waals surface area (Å²) in [6.07, 6.45) is 5.06. The molecule has 0 unspecified atom stereocenters. The fourth-order valence-corrected chi connectivity index (χ4v) is 2.99. The lowest BCUT2D eigenvalue weighted by molar-refractivity contribution is 0.327. The molecule has 1 fully saturated rings. The average molecular weight is 216 g/mol. The number of fused-ring (bicyclic) bond motifs is 1. The van der Waals surface area contributed by atoms with Crippen LogP contribution in [0.4, 0.5) is 0 Å². The van der Waals surface area contributed by atoms with Crippen molar-refractivity contribution in [3.63, 3.8) is 0 Å². The number of benzene rings is 1. The third-order valence-electron chi connectivity index (χ3n) is 3.88. The number of aryl methyl sites for hydroxylation is 2. The number of rotatable bonds is 2. The van der Waals surface area contributed by atoms with Gasteiger partial charge in [-0.15, -0.1) is 0 Å². The molecule has 1 heterocycles. The Labute approximate surface area is 97.4 Å². The standard InChI is InChI=1S/C14H20N2/c15-14-6-7-16(10-14)9-11-4-5-12-2-1-3-13(12)8-11/h4-5,8,14H,1-3,6-7,9-10,15H2/t14-/m0/s1. The molecule has 16 heavy (non-hydrogen) atoms. The van der Waals surface area contributed by atoms with Gasteiger partial charge in [0.25, 0.3) is 0 Å². The van der Waals surface area contributed by atoms with Crippen molar-refractivity contribution in [2.75, 3.05) is 13.1 Å². The first-order valence-corrected chi connectivity index (χ1v) is 6.40. The van der Waals surface area contributed by atoms with Crippen molar-refractivity contribution in [2.24, 2.45) is 5.73 Å². The Bertz CT molecular complexity index is 386. The smallest absolute Gasteiger partial charge is 0.0234 e. The molecule has 3 rings (SSSR count). The Morgan fingerprint density at radius 2 is 2.12 bits per heavy atom. The molecule has 1 aromatic rings. The number of nitrogens with two attached hydrogens (primary N) is 1. The summed E-state index contributed by atoms with van der Waals surface area (Å²) < 4.78 is 0. The number of hydrogen-bond donors (Lipinski definition) is 1. The van der Waals surface area contributed by atoms with Gasteiger partial charge in [0.2, 0.25) is 0 Å². The van der Waals surface area contributed by atoms with E-state index in [0.29, 0.717) is 6.04 Å². The van der Waals surface area contributed by atoms with E-state index in [1.165, 1.54) is 24.8 Å². The highest BCUT2D eigenvalue weighted by molar-refractivity contribution is 5.35. The summed E-state index contributed by atoms with van der Waals surface area (Å²) in [6, 6.07) is 7.43. The molecule has 0 spiro atoms. The summed E-state index contributed by atoms with van der Waals surface area (Å²) >= 11 is 0. The molecule has 0 radical (unpaired) electrons. The summed E-state index contributed by atoms with van der Waals surface area (Å²) in [5.74, 6) is 0. The van der Waals surface area contributed by atoms with Crippen molar-refractivity contribution >= 4 is 0 Å². The van der Waals surface area contributed by atoms with Gasteiger partial charge in [-0.05, 0) is 42.4 Å². The van der Waals surface area contributed by atoms with Crippen LogP contribution in [0.3, 0.4) is 0 Å². The molecular weight excluding hydrogens is 196 g/mol. The average Bonchev–Trinajstić information content (AvgIpc) is 2.87. The van der Waals surface area contributed by atoms with Gasteiger partial charge < -0.3 is 5.73 Å². The molecule has 2 heteroatoms. The van der Waals surface area contributed by atoms with Crippen molar-refractivity contribution in [3.05, 3.63) is 34.9 Å². The third kappa shape index (κ3) is 2.00. The quantitative estimate of drug-likeness (QED) is 0.815. The van der Waals surface area contributed by atoms with Crippen molar-refractivity contribution in [3.8, 4) is 0 Å². The zero-order chi connectivity index (χ0) is 11.0. The first kappa shape index (κ1) is 10.3. The van der Waals surface area contributed by atoms with Crippen LogP contribution in [0.2, 0.25) is 0 Å². The van der Waals surface area contributed by atoms with Crippen LogP contribution < -0.4 is 5.73 Å². The highest BCUT2D eigenvalue weighted by Gasteiger charge is 2.19. The fourth-order valence-electron chi connectivity index (χ4n) is 2.99. The number of likely N-dealkylation sites (tertiary alicyclic amines) is 1. The Balaban J connectivity index is 1.71. The van der Waals surface area contributed by atoms with Gasteiger partial charge in [0, 0.05) is 25.7 Å². The van der Waals surface area contributed by atoms with E-state index in [0.717, 1.165) is 26.1 Å². The molecule has 0 bridgehead atoms. The van der Waals surface area contributed by atoms with Gasteiger partial charge in [0.15, 0.2) is 0 Å². The molecule has 1 aromatic carbocycles. The van der Waals surface area contributed by atoms with Crippen LogP contribution in [-0.4, -0.2) is 24.0 Å². The predicted octanol–water partition coefficient (Wildman–Crippen LogP) is 1.71. The van der Waals surface area contributed by atoms with Crippen LogP contribution in [0.1, 0.15) is 29.5 Å². The predicted molar refractivity (Wildman–Crippen MR) is 66.3 cm³/mol. The molecule has 1 aliphatic carbocycles. The number of hydrogen-bond acceptors (Lipinski definition) is 2. The van der Waals surface area contributed by atoms with E-state index < -0.39 is 0 Å². The minimum atomic E-state index is 0.398. The van der Waals surface area contributed by atoms with Crippen LogP contribution in [0.5, 0.6) is 0 Å². The topological polar surface area (TPSA) is 29.3 Å². The second-order valence-electron chi connectivity index (χ2n) is 5.24. The Morgan fingerprint density at radius 3 is 2.94 bits per heavy atom. The molecule has 1 aliphatic heterocycles. The highest BCUT2D eigenvalue weighted by atomic mass is 15.2. The summed E-state index contributed by atoms with van der Waals surface area (Å²) in [6.45, 7) is 3.32. The summed E-state index contributed by atoms with van der Waals surface area (Å²) in [7, 11) is 0. The molecule has 86 valence electrons. The Hall–Kier alpha value is -0.860. The maximum atomic E-state index is 5.93. The zero-order valence-corrected chi connectivity index (χ0v) is 9.78. The van der Waals surface area contributed by atoms with Gasteiger partial charge in [-0.2, -0.15) is 0 Å². The maximum absolute atomic E-state index is 5.93. The zero-order valence-electron chi connectivity index (χ0n) is 9.78. The van der Waals surface area contributed by atoms with Crippen LogP contribution in [0, 0.1) is 0 Å². The molecule has 1 saturated heterocycles. The highest BCUT2D eigenvalue weighted by Crippen LogP contribution is 2.23. The van der Waals surface area contributed by atoms with Crippen LogP contribution >= 0.6 is 0 Å². The van der Waals surface area contributed by atoms with Crippen molar-refractivity contribution in [1.29, 1.82) is 0 Å². The first-order valence-electron chi connectivity index (χ1n) is 6.40. The van der Waals surface area contributed by atoms with Crippen molar-refractivity contribution < 1.29 is 0 Å². The van der Waals surface area contributed by atoms with E-state index >= 15 is 0 Å². The van der Waals surface area contributed by atoms with Gasteiger partial charge in [-0.3, -0.25) is 4.90 Å². The van der Waals surface area contributed by atoms with Gasteiger partial charge in [-0.1, -0.05) is 18.2 Å². The third-order valence-corrected chi connectivity index (χ3v) is 3.88. The van der Waals surface area contributed by atoms with E-state index in [2.05, 4.69) is 23.1 Å². The van der Waals surface area contributed by atoms with E-state index in [-0.39, 0.29) is 0 Å². The van der Waals surface area contributed by atoms with Gasteiger partial charge in [-0.25, -0.2) is 0 Å². The first-order chi connectivity index (χ1) is 7.81. The monoisotopic (exact) mass is 216 g/mol. The summed E-state index contributed by atoms with van der Waals surface area (Å²) in [5, 5.41) is 0.